The molecule has 1 amide bonds. The number of anilines is 2. The van der Waals surface area contributed by atoms with Crippen molar-refractivity contribution in [3.8, 4) is 11.3 Å². The second-order valence-corrected chi connectivity index (χ2v) is 11.8. The molecule has 4 aromatic rings. The normalized spacial score (nSPS) is 20.4. The van der Waals surface area contributed by atoms with Gasteiger partial charge in [0.2, 0.25) is 0 Å². The standard InChI is InChI=1S/C30H29N5O3S/c1-3-19-14-18(15-24(33-19)35-12-10-30(11-13-35)9-8-25(36)38-30)21-5-4-20-22(34-21)6-7-23-26(20)27-28(39-23)29(37)32-17(2)16-31-27/h3-7,14-15,17,31H,1,8-13,16H2,2H3,(H,32,37)/t17-/m1/s1. The van der Waals surface area contributed by atoms with E-state index in [1.807, 2.05) is 25.1 Å². The first-order valence-electron chi connectivity index (χ1n) is 13.4. The fourth-order valence-electron chi connectivity index (χ4n) is 6.01. The molecule has 198 valence electrons. The Kier molecular flexibility index (Phi) is 5.59. The van der Waals surface area contributed by atoms with Crippen LogP contribution >= 0.6 is 11.3 Å². The van der Waals surface area contributed by atoms with Gasteiger partial charge in [0.1, 0.15) is 16.3 Å². The van der Waals surface area contributed by atoms with E-state index in [9.17, 15) is 9.59 Å². The highest BCUT2D eigenvalue weighted by atomic mass is 32.1. The van der Waals surface area contributed by atoms with Crippen LogP contribution in [0.5, 0.6) is 0 Å². The maximum absolute atomic E-state index is 12.8. The lowest BCUT2D eigenvalue weighted by atomic mass is 9.88. The maximum Gasteiger partial charge on any atom is 0.306 e. The summed E-state index contributed by atoms with van der Waals surface area (Å²) in [6.45, 7) is 8.20. The van der Waals surface area contributed by atoms with Gasteiger partial charge in [-0.3, -0.25) is 9.59 Å². The number of hydrogen-bond acceptors (Lipinski definition) is 8. The van der Waals surface area contributed by atoms with Gasteiger partial charge < -0.3 is 20.3 Å². The van der Waals surface area contributed by atoms with E-state index in [1.54, 1.807) is 6.08 Å². The summed E-state index contributed by atoms with van der Waals surface area (Å²) in [5.74, 6) is 0.771. The van der Waals surface area contributed by atoms with E-state index in [2.05, 4.69) is 40.3 Å². The summed E-state index contributed by atoms with van der Waals surface area (Å²) in [6, 6.07) is 12.4. The van der Waals surface area contributed by atoms with Crippen molar-refractivity contribution in [1.82, 2.24) is 15.3 Å². The zero-order valence-electron chi connectivity index (χ0n) is 21.8. The summed E-state index contributed by atoms with van der Waals surface area (Å²) >= 11 is 1.51. The van der Waals surface area contributed by atoms with Crippen LogP contribution in [-0.4, -0.2) is 53.1 Å². The summed E-state index contributed by atoms with van der Waals surface area (Å²) in [4.78, 5) is 37.4. The van der Waals surface area contributed by atoms with E-state index in [0.717, 1.165) is 86.7 Å². The van der Waals surface area contributed by atoms with Crippen molar-refractivity contribution in [3.05, 3.63) is 53.5 Å². The highest BCUT2D eigenvalue weighted by Gasteiger charge is 2.43. The molecule has 3 aliphatic heterocycles. The lowest BCUT2D eigenvalue weighted by molar-refractivity contribution is -0.149. The van der Waals surface area contributed by atoms with Gasteiger partial charge in [-0.05, 0) is 55.8 Å². The Balaban J connectivity index is 1.24. The molecule has 1 aromatic carbocycles. The summed E-state index contributed by atoms with van der Waals surface area (Å²) < 4.78 is 6.76. The molecule has 1 spiro atoms. The number of nitrogens with one attached hydrogen (secondary N) is 2. The van der Waals surface area contributed by atoms with Crippen LogP contribution in [0.1, 0.15) is 48.0 Å². The number of carbonyl (C=O) groups is 2. The number of nitrogens with zero attached hydrogens (tertiary/aromatic N) is 3. The van der Waals surface area contributed by atoms with Gasteiger partial charge in [-0.25, -0.2) is 9.97 Å². The van der Waals surface area contributed by atoms with Crippen LogP contribution < -0.4 is 15.5 Å². The molecule has 0 saturated carbocycles. The topological polar surface area (TPSA) is 96.5 Å². The van der Waals surface area contributed by atoms with Crippen LogP contribution in [0.2, 0.25) is 0 Å². The van der Waals surface area contributed by atoms with Crippen LogP contribution in [0.25, 0.3) is 38.3 Å². The number of piperidine rings is 1. The summed E-state index contributed by atoms with van der Waals surface area (Å²) in [5.41, 5.74) is 4.09. The highest BCUT2D eigenvalue weighted by Crippen LogP contribution is 2.42. The van der Waals surface area contributed by atoms with E-state index < -0.39 is 0 Å². The van der Waals surface area contributed by atoms with E-state index in [4.69, 9.17) is 14.7 Å². The smallest absolute Gasteiger partial charge is 0.306 e. The number of aromatic nitrogens is 2. The fraction of sp³-hybridized carbons (Fsp3) is 0.333. The predicted molar refractivity (Wildman–Crippen MR) is 155 cm³/mol. The molecule has 0 aliphatic carbocycles. The Labute approximate surface area is 230 Å². The fourth-order valence-corrected chi connectivity index (χ4v) is 7.10. The summed E-state index contributed by atoms with van der Waals surface area (Å²) in [5, 5.41) is 8.61. The molecule has 6 heterocycles. The first kappa shape index (κ1) is 24.1. The van der Waals surface area contributed by atoms with Crippen molar-refractivity contribution in [2.45, 2.75) is 44.2 Å². The number of thiophene rings is 1. The third-order valence-electron chi connectivity index (χ3n) is 8.14. The molecular formula is C30H29N5O3S. The SMILES string of the molecule is C=Cc1cc(-c2ccc3c(ccc4sc5c(c43)NC[C@@H](C)NC5=O)n2)cc(N2CCC3(CCC(=O)O3)CC2)n1. The minimum atomic E-state index is -0.300. The molecule has 0 radical (unpaired) electrons. The van der Waals surface area contributed by atoms with E-state index in [0.29, 0.717) is 13.0 Å². The van der Waals surface area contributed by atoms with Gasteiger partial charge in [-0.2, -0.15) is 0 Å². The molecule has 2 N–H and O–H groups in total. The number of fused-ring (bicyclic) bond motifs is 5. The number of esters is 1. The third-order valence-corrected chi connectivity index (χ3v) is 9.29. The number of amides is 1. The minimum absolute atomic E-state index is 0.0302. The third kappa shape index (κ3) is 4.12. The average molecular weight is 540 g/mol. The second-order valence-electron chi connectivity index (χ2n) is 10.8. The second kappa shape index (κ2) is 9.05. The maximum atomic E-state index is 12.8. The van der Waals surface area contributed by atoms with Gasteiger partial charge in [0.25, 0.3) is 5.91 Å². The molecular weight excluding hydrogens is 510 g/mol. The van der Waals surface area contributed by atoms with E-state index in [1.165, 1.54) is 11.3 Å². The van der Waals surface area contributed by atoms with Gasteiger partial charge in [0.15, 0.2) is 0 Å². The number of carbonyl (C=O) groups excluding carboxylic acids is 2. The lowest BCUT2D eigenvalue weighted by Gasteiger charge is -2.38. The zero-order valence-corrected chi connectivity index (χ0v) is 22.6. The molecule has 3 aromatic heterocycles. The van der Waals surface area contributed by atoms with Crippen molar-refractivity contribution >= 4 is 61.8 Å². The van der Waals surface area contributed by atoms with Crippen molar-refractivity contribution in [1.29, 1.82) is 0 Å². The predicted octanol–water partition coefficient (Wildman–Crippen LogP) is 5.37. The van der Waals surface area contributed by atoms with Crippen molar-refractivity contribution < 1.29 is 14.3 Å². The molecule has 3 aliphatic rings. The Morgan fingerprint density at radius 3 is 2.74 bits per heavy atom. The van der Waals surface area contributed by atoms with E-state index >= 15 is 0 Å². The van der Waals surface area contributed by atoms with Gasteiger partial charge in [0.05, 0.1) is 22.6 Å². The van der Waals surface area contributed by atoms with Gasteiger partial charge in [-0.1, -0.05) is 6.58 Å². The first-order valence-corrected chi connectivity index (χ1v) is 14.3. The Morgan fingerprint density at radius 1 is 1.13 bits per heavy atom. The van der Waals surface area contributed by atoms with Crippen molar-refractivity contribution in [2.75, 3.05) is 29.9 Å². The van der Waals surface area contributed by atoms with Crippen LogP contribution in [0, 0.1) is 0 Å². The number of ether oxygens (including phenoxy) is 1. The Hall–Kier alpha value is -3.98. The first-order chi connectivity index (χ1) is 18.9. The molecule has 8 nitrogen and oxygen atoms in total. The van der Waals surface area contributed by atoms with Crippen molar-refractivity contribution in [2.24, 2.45) is 0 Å². The van der Waals surface area contributed by atoms with Gasteiger partial charge in [0, 0.05) is 66.0 Å². The molecule has 9 heteroatoms. The molecule has 0 bridgehead atoms. The highest BCUT2D eigenvalue weighted by molar-refractivity contribution is 7.21. The molecule has 39 heavy (non-hydrogen) atoms. The minimum Gasteiger partial charge on any atom is -0.459 e. The van der Waals surface area contributed by atoms with Gasteiger partial charge >= 0.3 is 5.97 Å². The monoisotopic (exact) mass is 539 g/mol. The number of pyridine rings is 2. The Morgan fingerprint density at radius 2 is 1.97 bits per heavy atom. The summed E-state index contributed by atoms with van der Waals surface area (Å²) in [6.07, 6.45) is 4.72. The van der Waals surface area contributed by atoms with Crippen molar-refractivity contribution in [3.63, 3.8) is 0 Å². The van der Waals surface area contributed by atoms with Crippen LogP contribution in [0.15, 0.2) is 43.0 Å². The van der Waals surface area contributed by atoms with Crippen LogP contribution in [0.4, 0.5) is 11.5 Å². The molecule has 2 saturated heterocycles. The summed E-state index contributed by atoms with van der Waals surface area (Å²) in [7, 11) is 0. The molecule has 0 unspecified atom stereocenters. The molecule has 1 atom stereocenters. The molecule has 2 fully saturated rings. The quantitative estimate of drug-likeness (QED) is 0.338. The zero-order chi connectivity index (χ0) is 26.7. The number of hydrogen-bond donors (Lipinski definition) is 2. The Bertz CT molecular complexity index is 1670. The largest absolute Gasteiger partial charge is 0.459 e. The van der Waals surface area contributed by atoms with E-state index in [-0.39, 0.29) is 23.5 Å². The molecule has 7 rings (SSSR count). The number of rotatable bonds is 3. The van der Waals surface area contributed by atoms with Crippen LogP contribution in [-0.2, 0) is 9.53 Å². The van der Waals surface area contributed by atoms with Gasteiger partial charge in [-0.15, -0.1) is 11.3 Å². The van der Waals surface area contributed by atoms with Crippen LogP contribution in [0.3, 0.4) is 0 Å². The number of benzene rings is 1. The lowest BCUT2D eigenvalue weighted by Crippen LogP contribution is -2.44. The average Bonchev–Trinajstić information content (AvgIpc) is 3.47.